The summed E-state index contributed by atoms with van der Waals surface area (Å²) in [7, 11) is 0. The first-order valence-corrected chi connectivity index (χ1v) is 7.57. The van der Waals surface area contributed by atoms with Crippen LogP contribution in [-0.4, -0.2) is 46.6 Å². The van der Waals surface area contributed by atoms with Gasteiger partial charge in [0.1, 0.15) is 5.69 Å². The Kier molecular flexibility index (Phi) is 5.60. The third-order valence-electron chi connectivity index (χ3n) is 2.92. The number of hydrogen-bond acceptors (Lipinski definition) is 5. The average molecular weight is 281 g/mol. The standard InChI is InChI=1S/C13H19N3O2S/c1-10-8-16-12(9-15-10)13(17)14-4-7-19-11-2-5-18-6-3-11/h8-9,11H,2-7H2,1H3,(H,14,17). The van der Waals surface area contributed by atoms with E-state index in [9.17, 15) is 4.79 Å². The van der Waals surface area contributed by atoms with Gasteiger partial charge in [0.15, 0.2) is 0 Å². The molecule has 104 valence electrons. The number of carbonyl (C=O) groups is 1. The number of hydrogen-bond donors (Lipinski definition) is 1. The summed E-state index contributed by atoms with van der Waals surface area (Å²) in [6.07, 6.45) is 5.34. The molecule has 2 rings (SSSR count). The van der Waals surface area contributed by atoms with Gasteiger partial charge in [-0.2, -0.15) is 11.8 Å². The van der Waals surface area contributed by atoms with E-state index in [0.29, 0.717) is 17.5 Å². The molecule has 0 aliphatic carbocycles. The second kappa shape index (κ2) is 7.45. The summed E-state index contributed by atoms with van der Waals surface area (Å²) in [4.78, 5) is 19.9. The van der Waals surface area contributed by atoms with Crippen LogP contribution in [0, 0.1) is 6.92 Å². The van der Waals surface area contributed by atoms with Crippen molar-refractivity contribution in [2.24, 2.45) is 0 Å². The summed E-state index contributed by atoms with van der Waals surface area (Å²) in [5, 5.41) is 3.54. The Labute approximate surface area is 117 Å². The topological polar surface area (TPSA) is 64.1 Å². The van der Waals surface area contributed by atoms with Crippen molar-refractivity contribution < 1.29 is 9.53 Å². The van der Waals surface area contributed by atoms with E-state index in [1.54, 1.807) is 6.20 Å². The normalized spacial score (nSPS) is 16.3. The van der Waals surface area contributed by atoms with Crippen molar-refractivity contribution in [2.75, 3.05) is 25.5 Å². The molecule has 1 amide bonds. The molecular formula is C13H19N3O2S. The molecule has 1 aromatic rings. The van der Waals surface area contributed by atoms with Crippen LogP contribution in [0.3, 0.4) is 0 Å². The number of amides is 1. The van der Waals surface area contributed by atoms with Crippen LogP contribution in [-0.2, 0) is 4.74 Å². The van der Waals surface area contributed by atoms with Gasteiger partial charge in [-0.15, -0.1) is 0 Å². The zero-order valence-electron chi connectivity index (χ0n) is 11.1. The molecule has 0 spiro atoms. The minimum Gasteiger partial charge on any atom is -0.381 e. The van der Waals surface area contributed by atoms with Gasteiger partial charge in [-0.05, 0) is 19.8 Å². The van der Waals surface area contributed by atoms with Crippen molar-refractivity contribution in [3.8, 4) is 0 Å². The highest BCUT2D eigenvalue weighted by molar-refractivity contribution is 7.99. The number of ether oxygens (including phenoxy) is 1. The lowest BCUT2D eigenvalue weighted by atomic mass is 10.2. The molecule has 5 nitrogen and oxygen atoms in total. The minimum atomic E-state index is -0.153. The molecule has 1 aliphatic heterocycles. The summed E-state index contributed by atoms with van der Waals surface area (Å²) in [5.41, 5.74) is 1.19. The van der Waals surface area contributed by atoms with Gasteiger partial charge < -0.3 is 10.1 Å². The van der Waals surface area contributed by atoms with Gasteiger partial charge in [0, 0.05) is 37.0 Å². The maximum Gasteiger partial charge on any atom is 0.271 e. The maximum absolute atomic E-state index is 11.8. The molecule has 2 heterocycles. The summed E-state index contributed by atoms with van der Waals surface area (Å²) in [6, 6.07) is 0. The van der Waals surface area contributed by atoms with Crippen molar-refractivity contribution in [3.05, 3.63) is 23.8 Å². The number of carbonyl (C=O) groups excluding carboxylic acids is 1. The molecule has 19 heavy (non-hydrogen) atoms. The lowest BCUT2D eigenvalue weighted by molar-refractivity contribution is 0.0949. The van der Waals surface area contributed by atoms with Gasteiger partial charge in [-0.1, -0.05) is 0 Å². The lowest BCUT2D eigenvalue weighted by Crippen LogP contribution is -2.27. The van der Waals surface area contributed by atoms with E-state index in [4.69, 9.17) is 4.74 Å². The Morgan fingerprint density at radius 3 is 2.89 bits per heavy atom. The first kappa shape index (κ1) is 14.3. The van der Waals surface area contributed by atoms with E-state index in [2.05, 4.69) is 15.3 Å². The molecule has 0 unspecified atom stereocenters. The SMILES string of the molecule is Cc1cnc(C(=O)NCCSC2CCOCC2)cn1. The quantitative estimate of drug-likeness (QED) is 0.827. The van der Waals surface area contributed by atoms with Crippen LogP contribution in [0.1, 0.15) is 29.0 Å². The number of nitrogens with zero attached hydrogens (tertiary/aromatic N) is 2. The van der Waals surface area contributed by atoms with Crippen LogP contribution in [0.2, 0.25) is 0 Å². The van der Waals surface area contributed by atoms with Crippen LogP contribution < -0.4 is 5.32 Å². The van der Waals surface area contributed by atoms with E-state index in [1.165, 1.54) is 6.20 Å². The van der Waals surface area contributed by atoms with Crippen molar-refractivity contribution in [1.82, 2.24) is 15.3 Å². The second-order valence-electron chi connectivity index (χ2n) is 4.48. The van der Waals surface area contributed by atoms with Gasteiger partial charge in [0.05, 0.1) is 11.9 Å². The van der Waals surface area contributed by atoms with Crippen molar-refractivity contribution in [3.63, 3.8) is 0 Å². The highest BCUT2D eigenvalue weighted by Crippen LogP contribution is 2.21. The van der Waals surface area contributed by atoms with Gasteiger partial charge in [0.25, 0.3) is 5.91 Å². The molecule has 1 aromatic heterocycles. The Bertz CT molecular complexity index is 405. The van der Waals surface area contributed by atoms with Crippen molar-refractivity contribution in [1.29, 1.82) is 0 Å². The largest absolute Gasteiger partial charge is 0.381 e. The fraction of sp³-hybridized carbons (Fsp3) is 0.615. The van der Waals surface area contributed by atoms with E-state index in [-0.39, 0.29) is 5.91 Å². The lowest BCUT2D eigenvalue weighted by Gasteiger charge is -2.21. The van der Waals surface area contributed by atoms with Crippen LogP contribution >= 0.6 is 11.8 Å². The molecule has 6 heteroatoms. The van der Waals surface area contributed by atoms with Crippen LogP contribution in [0.5, 0.6) is 0 Å². The maximum atomic E-state index is 11.8. The van der Waals surface area contributed by atoms with E-state index in [1.807, 2.05) is 18.7 Å². The van der Waals surface area contributed by atoms with E-state index in [0.717, 1.165) is 37.5 Å². The minimum absolute atomic E-state index is 0.153. The Balaban J connectivity index is 1.64. The number of aromatic nitrogens is 2. The van der Waals surface area contributed by atoms with Crippen LogP contribution in [0.25, 0.3) is 0 Å². The summed E-state index contributed by atoms with van der Waals surface area (Å²) < 4.78 is 5.31. The van der Waals surface area contributed by atoms with Gasteiger partial charge in [0.2, 0.25) is 0 Å². The summed E-state index contributed by atoms with van der Waals surface area (Å²) in [5.74, 6) is 0.774. The first-order valence-electron chi connectivity index (χ1n) is 6.52. The van der Waals surface area contributed by atoms with Crippen LogP contribution in [0.4, 0.5) is 0 Å². The molecule has 0 bridgehead atoms. The molecular weight excluding hydrogens is 262 g/mol. The molecule has 1 fully saturated rings. The number of nitrogens with one attached hydrogen (secondary N) is 1. The van der Waals surface area contributed by atoms with Gasteiger partial charge >= 0.3 is 0 Å². The molecule has 1 aliphatic rings. The highest BCUT2D eigenvalue weighted by atomic mass is 32.2. The molecule has 1 saturated heterocycles. The fourth-order valence-electron chi connectivity index (χ4n) is 1.83. The zero-order valence-corrected chi connectivity index (χ0v) is 11.9. The van der Waals surface area contributed by atoms with E-state index < -0.39 is 0 Å². The zero-order chi connectivity index (χ0) is 13.5. The van der Waals surface area contributed by atoms with E-state index >= 15 is 0 Å². The van der Waals surface area contributed by atoms with Gasteiger partial charge in [-0.25, -0.2) is 4.98 Å². The number of aryl methyl sites for hydroxylation is 1. The molecule has 1 N–H and O–H groups in total. The number of rotatable bonds is 5. The smallest absolute Gasteiger partial charge is 0.271 e. The van der Waals surface area contributed by atoms with Crippen molar-refractivity contribution in [2.45, 2.75) is 25.0 Å². The Hall–Kier alpha value is -1.14. The van der Waals surface area contributed by atoms with Crippen LogP contribution in [0.15, 0.2) is 12.4 Å². The molecule has 0 atom stereocenters. The Morgan fingerprint density at radius 2 is 2.21 bits per heavy atom. The Morgan fingerprint density at radius 1 is 1.42 bits per heavy atom. The summed E-state index contributed by atoms with van der Waals surface area (Å²) >= 11 is 1.91. The van der Waals surface area contributed by atoms with Gasteiger partial charge in [-0.3, -0.25) is 9.78 Å². The average Bonchev–Trinajstić information content (AvgIpc) is 2.45. The second-order valence-corrected chi connectivity index (χ2v) is 5.89. The predicted octanol–water partition coefficient (Wildman–Crippen LogP) is 1.43. The van der Waals surface area contributed by atoms with Crippen molar-refractivity contribution >= 4 is 17.7 Å². The predicted molar refractivity (Wildman–Crippen MR) is 75.4 cm³/mol. The summed E-state index contributed by atoms with van der Waals surface area (Å²) in [6.45, 7) is 4.24. The molecule has 0 saturated carbocycles. The third kappa shape index (κ3) is 4.80. The number of thioether (sulfide) groups is 1. The highest BCUT2D eigenvalue weighted by Gasteiger charge is 2.14. The monoisotopic (exact) mass is 281 g/mol. The molecule has 0 aromatic carbocycles. The molecule has 0 radical (unpaired) electrons. The third-order valence-corrected chi connectivity index (χ3v) is 4.31. The fourth-order valence-corrected chi connectivity index (χ4v) is 2.91. The first-order chi connectivity index (χ1) is 9.25.